The number of hydrogen-bond acceptors (Lipinski definition) is 3. The van der Waals surface area contributed by atoms with Gasteiger partial charge in [-0.2, -0.15) is 0 Å². The summed E-state index contributed by atoms with van der Waals surface area (Å²) >= 11 is 0. The second-order valence-electron chi connectivity index (χ2n) is 6.13. The van der Waals surface area contributed by atoms with Crippen molar-refractivity contribution in [3.63, 3.8) is 0 Å². The minimum Gasteiger partial charge on any atom is -0.507 e. The topological polar surface area (TPSA) is 57.5 Å². The zero-order chi connectivity index (χ0) is 16.4. The lowest BCUT2D eigenvalue weighted by atomic mass is 9.92. The summed E-state index contributed by atoms with van der Waals surface area (Å²) in [6.45, 7) is 7.83. The minimum atomic E-state index is -0.361. The van der Waals surface area contributed by atoms with Crippen LogP contribution in [-0.4, -0.2) is 16.0 Å². The van der Waals surface area contributed by atoms with Crippen molar-refractivity contribution in [1.29, 1.82) is 0 Å². The first-order chi connectivity index (χ1) is 10.3. The van der Waals surface area contributed by atoms with E-state index in [2.05, 4.69) is 0 Å². The van der Waals surface area contributed by atoms with Gasteiger partial charge in [0.25, 0.3) is 0 Å². The largest absolute Gasteiger partial charge is 0.507 e. The van der Waals surface area contributed by atoms with Crippen molar-refractivity contribution in [1.82, 2.24) is 0 Å². The third kappa shape index (κ3) is 2.84. The molecule has 3 nitrogen and oxygen atoms in total. The molecule has 0 radical (unpaired) electrons. The van der Waals surface area contributed by atoms with E-state index in [1.807, 2.05) is 27.7 Å². The number of rotatable bonds is 4. The number of phenolic OH excluding ortho intramolecular Hbond substituents is 2. The maximum absolute atomic E-state index is 12.7. The minimum absolute atomic E-state index is 0.00292. The van der Waals surface area contributed by atoms with Crippen LogP contribution in [0.3, 0.4) is 0 Å². The van der Waals surface area contributed by atoms with Crippen LogP contribution in [0.5, 0.6) is 11.5 Å². The van der Waals surface area contributed by atoms with Crippen molar-refractivity contribution >= 4 is 5.78 Å². The van der Waals surface area contributed by atoms with Crippen molar-refractivity contribution < 1.29 is 15.0 Å². The number of benzene rings is 2. The van der Waals surface area contributed by atoms with E-state index in [0.717, 1.165) is 11.1 Å². The van der Waals surface area contributed by atoms with Crippen molar-refractivity contribution in [2.24, 2.45) is 0 Å². The Morgan fingerprint density at radius 2 is 1.14 bits per heavy atom. The van der Waals surface area contributed by atoms with Gasteiger partial charge < -0.3 is 10.2 Å². The Hall–Kier alpha value is -2.29. The van der Waals surface area contributed by atoms with Crippen molar-refractivity contribution in [2.45, 2.75) is 39.5 Å². The molecule has 0 spiro atoms. The van der Waals surface area contributed by atoms with E-state index >= 15 is 0 Å². The van der Waals surface area contributed by atoms with Crippen molar-refractivity contribution in [2.75, 3.05) is 0 Å². The molecule has 0 unspecified atom stereocenters. The molecule has 2 aromatic rings. The molecule has 0 fully saturated rings. The summed E-state index contributed by atoms with van der Waals surface area (Å²) in [5.41, 5.74) is 1.90. The summed E-state index contributed by atoms with van der Waals surface area (Å²) in [4.78, 5) is 12.7. The molecule has 0 amide bonds. The number of carbonyl (C=O) groups is 1. The van der Waals surface area contributed by atoms with Gasteiger partial charge in [-0.3, -0.25) is 4.79 Å². The van der Waals surface area contributed by atoms with Crippen LogP contribution in [0.15, 0.2) is 36.4 Å². The molecule has 116 valence electrons. The first kappa shape index (κ1) is 16.1. The van der Waals surface area contributed by atoms with Gasteiger partial charge in [-0.05, 0) is 35.1 Å². The molecular formula is C19H22O3. The molecule has 0 saturated heterocycles. The number of aromatic hydroxyl groups is 2. The summed E-state index contributed by atoms with van der Waals surface area (Å²) in [7, 11) is 0. The van der Waals surface area contributed by atoms with E-state index < -0.39 is 0 Å². The molecule has 0 aromatic heterocycles. The summed E-state index contributed by atoms with van der Waals surface area (Å²) in [5, 5.41) is 20.7. The van der Waals surface area contributed by atoms with Gasteiger partial charge in [0, 0.05) is 0 Å². The summed E-state index contributed by atoms with van der Waals surface area (Å²) in [6.07, 6.45) is 0. The SMILES string of the molecule is CC(C)c1cccc(C(=O)c2cccc(C(C)C)c2O)c1O. The molecule has 2 aromatic carbocycles. The lowest BCUT2D eigenvalue weighted by molar-refractivity contribution is 0.103. The van der Waals surface area contributed by atoms with E-state index in [9.17, 15) is 15.0 Å². The second kappa shape index (κ2) is 6.22. The highest BCUT2D eigenvalue weighted by Gasteiger charge is 2.21. The normalized spacial score (nSPS) is 11.2. The first-order valence-electron chi connectivity index (χ1n) is 7.53. The van der Waals surface area contributed by atoms with Crippen molar-refractivity contribution in [3.8, 4) is 11.5 Å². The third-order valence-electron chi connectivity index (χ3n) is 3.87. The number of hydrogen-bond donors (Lipinski definition) is 2. The van der Waals surface area contributed by atoms with Gasteiger partial charge in [-0.15, -0.1) is 0 Å². The number of phenols is 2. The highest BCUT2D eigenvalue weighted by atomic mass is 16.3. The molecule has 0 aliphatic rings. The zero-order valence-corrected chi connectivity index (χ0v) is 13.4. The fourth-order valence-corrected chi connectivity index (χ4v) is 2.57. The Bertz CT molecular complexity index is 640. The molecule has 0 saturated carbocycles. The maximum atomic E-state index is 12.7. The van der Waals surface area contributed by atoms with Gasteiger partial charge >= 0.3 is 0 Å². The van der Waals surface area contributed by atoms with Gasteiger partial charge in [0.15, 0.2) is 5.78 Å². The average molecular weight is 298 g/mol. The third-order valence-corrected chi connectivity index (χ3v) is 3.87. The molecule has 0 heterocycles. The van der Waals surface area contributed by atoms with Gasteiger partial charge in [0.2, 0.25) is 0 Å². The summed E-state index contributed by atoms with van der Waals surface area (Å²) in [6, 6.07) is 10.3. The zero-order valence-electron chi connectivity index (χ0n) is 13.4. The molecule has 0 bridgehead atoms. The predicted molar refractivity (Wildman–Crippen MR) is 87.8 cm³/mol. The van der Waals surface area contributed by atoms with Gasteiger partial charge in [0.1, 0.15) is 11.5 Å². The van der Waals surface area contributed by atoms with Crippen LogP contribution in [0.25, 0.3) is 0 Å². The Balaban J connectivity index is 2.54. The van der Waals surface area contributed by atoms with E-state index in [-0.39, 0.29) is 40.2 Å². The lowest BCUT2D eigenvalue weighted by Gasteiger charge is -2.14. The Labute approximate surface area is 131 Å². The molecule has 2 rings (SSSR count). The smallest absolute Gasteiger partial charge is 0.200 e. The van der Waals surface area contributed by atoms with Crippen LogP contribution in [0.2, 0.25) is 0 Å². The fourth-order valence-electron chi connectivity index (χ4n) is 2.57. The van der Waals surface area contributed by atoms with Crippen LogP contribution in [0.1, 0.15) is 66.6 Å². The number of ketones is 1. The quantitative estimate of drug-likeness (QED) is 0.813. The lowest BCUT2D eigenvalue weighted by Crippen LogP contribution is -2.05. The molecular weight excluding hydrogens is 276 g/mol. The van der Waals surface area contributed by atoms with Crippen LogP contribution >= 0.6 is 0 Å². The van der Waals surface area contributed by atoms with Gasteiger partial charge in [-0.25, -0.2) is 0 Å². The number of carbonyl (C=O) groups excluding carboxylic acids is 1. The molecule has 3 heteroatoms. The Kier molecular flexibility index (Phi) is 4.55. The van der Waals surface area contributed by atoms with Crippen LogP contribution < -0.4 is 0 Å². The average Bonchev–Trinajstić information content (AvgIpc) is 2.46. The van der Waals surface area contributed by atoms with Crippen LogP contribution in [0, 0.1) is 0 Å². The molecule has 0 aliphatic carbocycles. The van der Waals surface area contributed by atoms with Crippen LogP contribution in [-0.2, 0) is 0 Å². The predicted octanol–water partition coefficient (Wildman–Crippen LogP) is 4.58. The first-order valence-corrected chi connectivity index (χ1v) is 7.53. The number of para-hydroxylation sites is 2. The van der Waals surface area contributed by atoms with Crippen LogP contribution in [0.4, 0.5) is 0 Å². The molecule has 22 heavy (non-hydrogen) atoms. The van der Waals surface area contributed by atoms with E-state index in [0.29, 0.717) is 0 Å². The van der Waals surface area contributed by atoms with E-state index in [4.69, 9.17) is 0 Å². The van der Waals surface area contributed by atoms with E-state index in [1.165, 1.54) is 0 Å². The monoisotopic (exact) mass is 298 g/mol. The second-order valence-corrected chi connectivity index (χ2v) is 6.13. The molecule has 2 N–H and O–H groups in total. The van der Waals surface area contributed by atoms with Gasteiger partial charge in [-0.1, -0.05) is 52.0 Å². The standard InChI is InChI=1S/C19H22O3/c1-11(2)13-7-5-9-15(17(13)20)19(22)16-10-6-8-14(12(3)4)18(16)21/h5-12,20-21H,1-4H3. The summed E-state index contributed by atoms with van der Waals surface area (Å²) < 4.78 is 0. The molecule has 0 aliphatic heterocycles. The van der Waals surface area contributed by atoms with Gasteiger partial charge in [0.05, 0.1) is 11.1 Å². The Morgan fingerprint density at radius 1 is 0.773 bits per heavy atom. The highest BCUT2D eigenvalue weighted by molar-refractivity contribution is 6.12. The highest BCUT2D eigenvalue weighted by Crippen LogP contribution is 2.34. The maximum Gasteiger partial charge on any atom is 0.200 e. The van der Waals surface area contributed by atoms with Crippen molar-refractivity contribution in [3.05, 3.63) is 58.7 Å². The summed E-state index contributed by atoms with van der Waals surface area (Å²) in [5.74, 6) is -0.139. The Morgan fingerprint density at radius 3 is 1.45 bits per heavy atom. The van der Waals surface area contributed by atoms with E-state index in [1.54, 1.807) is 36.4 Å². The molecule has 0 atom stereocenters. The fraction of sp³-hybridized carbons (Fsp3) is 0.316.